The van der Waals surface area contributed by atoms with E-state index in [9.17, 15) is 9.59 Å². The van der Waals surface area contributed by atoms with E-state index in [1.54, 1.807) is 18.2 Å². The number of hydrogen-bond donors (Lipinski definition) is 1. The number of rotatable bonds is 6. The van der Waals surface area contributed by atoms with Crippen LogP contribution < -0.4 is 0 Å². The maximum Gasteiger partial charge on any atom is 0.340 e. The highest BCUT2D eigenvalue weighted by Crippen LogP contribution is 2.26. The highest BCUT2D eigenvalue weighted by Gasteiger charge is 2.20. The Bertz CT molecular complexity index is 928. The van der Waals surface area contributed by atoms with E-state index in [2.05, 4.69) is 4.98 Å². The van der Waals surface area contributed by atoms with Gasteiger partial charge >= 0.3 is 11.9 Å². The molecule has 0 aliphatic heterocycles. The van der Waals surface area contributed by atoms with Crippen molar-refractivity contribution in [2.75, 3.05) is 7.11 Å². The maximum atomic E-state index is 12.7. The number of fused-ring (bicyclic) bond motifs is 1. The molecule has 1 aromatic heterocycles. The monoisotopic (exact) mass is 351 g/mol. The van der Waals surface area contributed by atoms with Crippen LogP contribution >= 0.6 is 0 Å². The van der Waals surface area contributed by atoms with Gasteiger partial charge in [0.2, 0.25) is 0 Å². The van der Waals surface area contributed by atoms with E-state index < -0.39 is 5.97 Å². The summed E-state index contributed by atoms with van der Waals surface area (Å²) < 4.78 is 10.3. The lowest BCUT2D eigenvalue weighted by Gasteiger charge is -2.06. The number of aromatic amines is 1. The van der Waals surface area contributed by atoms with Crippen LogP contribution in [0.2, 0.25) is 0 Å². The van der Waals surface area contributed by atoms with Gasteiger partial charge in [-0.15, -0.1) is 0 Å². The summed E-state index contributed by atoms with van der Waals surface area (Å²) in [5.74, 6) is -0.777. The van der Waals surface area contributed by atoms with Gasteiger partial charge in [0.15, 0.2) is 0 Å². The molecule has 0 aliphatic carbocycles. The lowest BCUT2D eigenvalue weighted by molar-refractivity contribution is 0.0473. The summed E-state index contributed by atoms with van der Waals surface area (Å²) >= 11 is 0. The number of esters is 2. The van der Waals surface area contributed by atoms with Crippen molar-refractivity contribution in [3.05, 3.63) is 70.9 Å². The summed E-state index contributed by atoms with van der Waals surface area (Å²) in [6.45, 7) is 2.27. The summed E-state index contributed by atoms with van der Waals surface area (Å²) in [5.41, 5.74) is 3.46. The summed E-state index contributed by atoms with van der Waals surface area (Å²) in [5, 5.41) is 0.749. The molecule has 2 aromatic carbocycles. The van der Waals surface area contributed by atoms with Gasteiger partial charge in [-0.3, -0.25) is 0 Å². The van der Waals surface area contributed by atoms with Crippen molar-refractivity contribution in [2.45, 2.75) is 26.4 Å². The Morgan fingerprint density at radius 2 is 1.81 bits per heavy atom. The molecule has 5 heteroatoms. The van der Waals surface area contributed by atoms with Crippen molar-refractivity contribution >= 4 is 22.8 Å². The second-order valence-electron chi connectivity index (χ2n) is 6.04. The van der Waals surface area contributed by atoms with Gasteiger partial charge in [0, 0.05) is 16.6 Å². The van der Waals surface area contributed by atoms with Gasteiger partial charge < -0.3 is 14.5 Å². The predicted octanol–water partition coefficient (Wildman–Crippen LogP) is 4.26. The minimum Gasteiger partial charge on any atom is -0.465 e. The third-order valence-corrected chi connectivity index (χ3v) is 4.21. The molecule has 1 N–H and O–H groups in total. The molecule has 0 fully saturated rings. The maximum absolute atomic E-state index is 12.7. The van der Waals surface area contributed by atoms with Gasteiger partial charge in [-0.2, -0.15) is 0 Å². The number of aryl methyl sites for hydroxylation is 1. The Morgan fingerprint density at radius 3 is 2.50 bits per heavy atom. The fourth-order valence-electron chi connectivity index (χ4n) is 2.96. The van der Waals surface area contributed by atoms with Crippen molar-refractivity contribution in [1.82, 2.24) is 4.98 Å². The van der Waals surface area contributed by atoms with Gasteiger partial charge in [-0.05, 0) is 24.1 Å². The molecule has 3 aromatic rings. The van der Waals surface area contributed by atoms with Gasteiger partial charge in [0.05, 0.1) is 18.2 Å². The molecule has 5 nitrogen and oxygen atoms in total. The van der Waals surface area contributed by atoms with Crippen molar-refractivity contribution in [2.24, 2.45) is 0 Å². The zero-order chi connectivity index (χ0) is 18.5. The number of nitrogens with one attached hydrogen (secondary N) is 1. The van der Waals surface area contributed by atoms with Crippen molar-refractivity contribution in [3.8, 4) is 0 Å². The molecular weight excluding hydrogens is 330 g/mol. The molecular formula is C21H21NO4. The molecule has 0 radical (unpaired) electrons. The normalized spacial score (nSPS) is 10.7. The largest absolute Gasteiger partial charge is 0.465 e. The first-order valence-electron chi connectivity index (χ1n) is 8.58. The van der Waals surface area contributed by atoms with Gasteiger partial charge in [0.1, 0.15) is 6.61 Å². The highest BCUT2D eigenvalue weighted by atomic mass is 16.5. The topological polar surface area (TPSA) is 68.4 Å². The minimum atomic E-state index is -0.410. The van der Waals surface area contributed by atoms with E-state index in [-0.39, 0.29) is 12.6 Å². The fourth-order valence-corrected chi connectivity index (χ4v) is 2.96. The SMILES string of the molecule is CCCc1[nH]c2cc(C(=O)OC)ccc2c1C(=O)OCc1ccccc1. The number of ether oxygens (including phenoxy) is 2. The van der Waals surface area contributed by atoms with Crippen molar-refractivity contribution in [3.63, 3.8) is 0 Å². The number of methoxy groups -OCH3 is 1. The number of H-pyrrole nitrogens is 1. The predicted molar refractivity (Wildman–Crippen MR) is 99.2 cm³/mol. The lowest BCUT2D eigenvalue weighted by Crippen LogP contribution is -2.07. The van der Waals surface area contributed by atoms with Gasteiger partial charge in [-0.1, -0.05) is 49.7 Å². The molecule has 0 saturated carbocycles. The highest BCUT2D eigenvalue weighted by molar-refractivity contribution is 6.07. The summed E-state index contributed by atoms with van der Waals surface area (Å²) in [6, 6.07) is 14.7. The van der Waals surface area contributed by atoms with Gasteiger partial charge in [0.25, 0.3) is 0 Å². The Balaban J connectivity index is 1.93. The van der Waals surface area contributed by atoms with Crippen LogP contribution in [0.25, 0.3) is 10.9 Å². The molecule has 0 saturated heterocycles. The second kappa shape index (κ2) is 7.87. The Labute approximate surface area is 151 Å². The molecule has 0 aliphatic rings. The third kappa shape index (κ3) is 3.61. The summed E-state index contributed by atoms with van der Waals surface area (Å²) in [7, 11) is 1.34. The number of carbonyl (C=O) groups excluding carboxylic acids is 2. The molecule has 26 heavy (non-hydrogen) atoms. The number of benzene rings is 2. The van der Waals surface area contributed by atoms with Crippen LogP contribution in [0.3, 0.4) is 0 Å². The van der Waals surface area contributed by atoms with Crippen LogP contribution in [0.1, 0.15) is 45.3 Å². The molecule has 0 atom stereocenters. The van der Waals surface area contributed by atoms with Crippen LogP contribution in [0.5, 0.6) is 0 Å². The Morgan fingerprint density at radius 1 is 1.04 bits per heavy atom. The molecule has 0 unspecified atom stereocenters. The average Bonchev–Trinajstić information content (AvgIpc) is 3.03. The first kappa shape index (κ1) is 17.7. The molecule has 1 heterocycles. The van der Waals surface area contributed by atoms with E-state index in [0.717, 1.165) is 35.0 Å². The second-order valence-corrected chi connectivity index (χ2v) is 6.04. The van der Waals surface area contributed by atoms with Crippen molar-refractivity contribution < 1.29 is 19.1 Å². The first-order valence-corrected chi connectivity index (χ1v) is 8.58. The molecule has 0 spiro atoms. The summed E-state index contributed by atoms with van der Waals surface area (Å²) in [4.78, 5) is 27.7. The number of aromatic nitrogens is 1. The summed E-state index contributed by atoms with van der Waals surface area (Å²) in [6.07, 6.45) is 1.60. The number of carbonyl (C=O) groups is 2. The molecule has 0 amide bonds. The lowest BCUT2D eigenvalue weighted by atomic mass is 10.1. The van der Waals surface area contributed by atoms with E-state index in [1.165, 1.54) is 7.11 Å². The standard InChI is InChI=1S/C21H21NO4/c1-3-7-17-19(21(24)26-13-14-8-5-4-6-9-14)16-11-10-15(20(23)25-2)12-18(16)22-17/h4-6,8-12,22H,3,7,13H2,1-2H3. The number of hydrogen-bond acceptors (Lipinski definition) is 4. The fraction of sp³-hybridized carbons (Fsp3) is 0.238. The first-order chi connectivity index (χ1) is 12.6. The van der Waals surface area contributed by atoms with E-state index in [4.69, 9.17) is 9.47 Å². The molecule has 134 valence electrons. The molecule has 3 rings (SSSR count). The zero-order valence-corrected chi connectivity index (χ0v) is 14.9. The smallest absolute Gasteiger partial charge is 0.340 e. The minimum absolute atomic E-state index is 0.220. The average molecular weight is 351 g/mol. The van der Waals surface area contributed by atoms with E-state index >= 15 is 0 Å². The van der Waals surface area contributed by atoms with E-state index in [0.29, 0.717) is 11.1 Å². The Hall–Kier alpha value is -3.08. The zero-order valence-electron chi connectivity index (χ0n) is 14.9. The molecule has 0 bridgehead atoms. The van der Waals surface area contributed by atoms with Crippen LogP contribution in [-0.4, -0.2) is 24.0 Å². The third-order valence-electron chi connectivity index (χ3n) is 4.21. The van der Waals surface area contributed by atoms with Crippen molar-refractivity contribution in [1.29, 1.82) is 0 Å². The van der Waals surface area contributed by atoms with Crippen LogP contribution in [-0.2, 0) is 22.5 Å². The van der Waals surface area contributed by atoms with Gasteiger partial charge in [-0.25, -0.2) is 9.59 Å². The van der Waals surface area contributed by atoms with Crippen LogP contribution in [0.4, 0.5) is 0 Å². The Kier molecular flexibility index (Phi) is 5.37. The van der Waals surface area contributed by atoms with Crippen LogP contribution in [0, 0.1) is 0 Å². The van der Waals surface area contributed by atoms with E-state index in [1.807, 2.05) is 37.3 Å². The quantitative estimate of drug-likeness (QED) is 0.674. The van der Waals surface area contributed by atoms with Crippen LogP contribution in [0.15, 0.2) is 48.5 Å².